The van der Waals surface area contributed by atoms with E-state index in [9.17, 15) is 27.7 Å². The number of ether oxygens (including phenoxy) is 1. The number of sulfonamides is 1. The molecule has 248 valence electrons. The summed E-state index contributed by atoms with van der Waals surface area (Å²) in [6.07, 6.45) is 2.43. The highest BCUT2D eigenvalue weighted by Crippen LogP contribution is 2.41. The number of amides is 1. The third-order valence-corrected chi connectivity index (χ3v) is 10.4. The van der Waals surface area contributed by atoms with Crippen LogP contribution in [0.5, 0.6) is 5.75 Å². The van der Waals surface area contributed by atoms with Crippen molar-refractivity contribution in [2.75, 3.05) is 24.2 Å². The standard InChI is InChI=1S/C37H31FN4O6S/c1-4-42(49(3,45)46)31-18-32-29(33-34(48-32)27-11-9-25(38)16-30(27)40-36(33)44)17-28(31)22-6-5-7-23(14-22)35(43)41-37(20-39)13-12-21-15-26(47-2)10-8-24(21)19-37/h5-11,14-18H,4,12-13,19H2,1-3H3,(H,40,44)(H,41,43). The van der Waals surface area contributed by atoms with Crippen molar-refractivity contribution in [3.8, 4) is 22.9 Å². The van der Waals surface area contributed by atoms with Gasteiger partial charge in [-0.25, -0.2) is 12.8 Å². The fourth-order valence-corrected chi connectivity index (χ4v) is 7.79. The summed E-state index contributed by atoms with van der Waals surface area (Å²) in [5, 5.41) is 14.4. The number of halogens is 1. The van der Waals surface area contributed by atoms with E-state index in [-0.39, 0.29) is 39.9 Å². The molecule has 0 saturated heterocycles. The van der Waals surface area contributed by atoms with Crippen molar-refractivity contribution in [1.82, 2.24) is 10.3 Å². The second-order valence-corrected chi connectivity index (χ2v) is 14.2. The molecule has 10 nitrogen and oxygen atoms in total. The summed E-state index contributed by atoms with van der Waals surface area (Å²) in [7, 11) is -2.17. The Bertz CT molecular complexity index is 2550. The molecular formula is C37H31FN4O6S. The summed E-state index contributed by atoms with van der Waals surface area (Å²) in [5.41, 5.74) is 2.66. The zero-order valence-electron chi connectivity index (χ0n) is 26.9. The monoisotopic (exact) mass is 678 g/mol. The number of methoxy groups -OCH3 is 1. The quantitative estimate of drug-likeness (QED) is 0.204. The fraction of sp³-hybridized carbons (Fsp3) is 0.216. The zero-order valence-corrected chi connectivity index (χ0v) is 27.7. The number of aromatic nitrogens is 1. The Balaban J connectivity index is 1.34. The zero-order chi connectivity index (χ0) is 34.7. The Labute approximate surface area is 280 Å². The number of rotatable bonds is 7. The first-order chi connectivity index (χ1) is 23.4. The number of carbonyl (C=O) groups is 1. The number of aromatic amines is 1. The van der Waals surface area contributed by atoms with Crippen molar-refractivity contribution in [1.29, 1.82) is 5.26 Å². The van der Waals surface area contributed by atoms with Crippen LogP contribution in [0.1, 0.15) is 34.8 Å². The lowest BCUT2D eigenvalue weighted by Gasteiger charge is -2.33. The summed E-state index contributed by atoms with van der Waals surface area (Å²) < 4.78 is 52.7. The van der Waals surface area contributed by atoms with Gasteiger partial charge in [0.05, 0.1) is 36.0 Å². The van der Waals surface area contributed by atoms with E-state index in [0.717, 1.165) is 23.1 Å². The van der Waals surface area contributed by atoms with Crippen LogP contribution in [0.3, 0.4) is 0 Å². The van der Waals surface area contributed by atoms with Gasteiger partial charge >= 0.3 is 0 Å². The Morgan fingerprint density at radius 3 is 2.65 bits per heavy atom. The molecule has 0 spiro atoms. The molecule has 1 unspecified atom stereocenters. The number of aryl methyl sites for hydroxylation is 1. The van der Waals surface area contributed by atoms with Crippen LogP contribution < -0.4 is 19.9 Å². The average Bonchev–Trinajstić information content (AvgIpc) is 3.46. The van der Waals surface area contributed by atoms with Gasteiger partial charge in [-0.3, -0.25) is 13.9 Å². The first-order valence-corrected chi connectivity index (χ1v) is 17.5. The van der Waals surface area contributed by atoms with E-state index in [4.69, 9.17) is 9.15 Å². The molecule has 49 heavy (non-hydrogen) atoms. The predicted molar refractivity (Wildman–Crippen MR) is 186 cm³/mol. The predicted octanol–water partition coefficient (Wildman–Crippen LogP) is 6.21. The average molecular weight is 679 g/mol. The minimum Gasteiger partial charge on any atom is -0.497 e. The summed E-state index contributed by atoms with van der Waals surface area (Å²) in [5.74, 6) is -0.244. The maximum Gasteiger partial charge on any atom is 0.260 e. The number of furan rings is 1. The summed E-state index contributed by atoms with van der Waals surface area (Å²) >= 11 is 0. The molecule has 1 atom stereocenters. The minimum absolute atomic E-state index is 0.0958. The van der Waals surface area contributed by atoms with Crippen molar-refractivity contribution in [2.24, 2.45) is 0 Å². The summed E-state index contributed by atoms with van der Waals surface area (Å²) in [6.45, 7) is 1.79. The maximum absolute atomic E-state index is 14.0. The smallest absolute Gasteiger partial charge is 0.260 e. The molecular weight excluding hydrogens is 647 g/mol. The van der Waals surface area contributed by atoms with Crippen LogP contribution in [-0.4, -0.2) is 44.8 Å². The van der Waals surface area contributed by atoms with Gasteiger partial charge < -0.3 is 19.5 Å². The molecule has 1 amide bonds. The molecule has 0 radical (unpaired) electrons. The van der Waals surface area contributed by atoms with E-state index in [1.807, 2.05) is 18.2 Å². The van der Waals surface area contributed by atoms with Gasteiger partial charge in [-0.2, -0.15) is 5.26 Å². The molecule has 1 aliphatic carbocycles. The van der Waals surface area contributed by atoms with Gasteiger partial charge in [0.15, 0.2) is 0 Å². The van der Waals surface area contributed by atoms with Crippen molar-refractivity contribution in [3.63, 3.8) is 0 Å². The van der Waals surface area contributed by atoms with Crippen molar-refractivity contribution < 1.29 is 26.8 Å². The number of nitriles is 1. The fourth-order valence-electron chi connectivity index (χ4n) is 6.81. The lowest BCUT2D eigenvalue weighted by Crippen LogP contribution is -2.51. The Hall–Kier alpha value is -5.67. The summed E-state index contributed by atoms with van der Waals surface area (Å²) in [6, 6.07) is 21.9. The van der Waals surface area contributed by atoms with E-state index in [0.29, 0.717) is 41.2 Å². The molecule has 0 aliphatic heterocycles. The van der Waals surface area contributed by atoms with Gasteiger partial charge in [0.2, 0.25) is 10.0 Å². The lowest BCUT2D eigenvalue weighted by molar-refractivity contribution is 0.0913. The first kappa shape index (κ1) is 31.9. The number of H-pyrrole nitrogens is 1. The molecule has 12 heteroatoms. The molecule has 2 N–H and O–H groups in total. The first-order valence-electron chi connectivity index (χ1n) is 15.6. The van der Waals surface area contributed by atoms with Crippen LogP contribution in [0, 0.1) is 17.1 Å². The minimum atomic E-state index is -3.77. The molecule has 2 aromatic heterocycles. The molecule has 1 aliphatic rings. The normalized spacial score (nSPS) is 16.0. The van der Waals surface area contributed by atoms with Gasteiger partial charge in [0.1, 0.15) is 28.3 Å². The van der Waals surface area contributed by atoms with Crippen LogP contribution in [0.2, 0.25) is 0 Å². The number of nitrogens with zero attached hydrogens (tertiary/aromatic N) is 2. The topological polar surface area (TPSA) is 146 Å². The van der Waals surface area contributed by atoms with E-state index in [2.05, 4.69) is 16.4 Å². The van der Waals surface area contributed by atoms with E-state index < -0.39 is 32.8 Å². The van der Waals surface area contributed by atoms with Crippen molar-refractivity contribution in [2.45, 2.75) is 31.7 Å². The van der Waals surface area contributed by atoms with Crippen LogP contribution in [0.4, 0.5) is 10.1 Å². The van der Waals surface area contributed by atoms with Gasteiger partial charge in [-0.05, 0) is 85.0 Å². The Kier molecular flexibility index (Phi) is 7.67. The van der Waals surface area contributed by atoms with Crippen LogP contribution in [0.25, 0.3) is 44.0 Å². The van der Waals surface area contributed by atoms with Gasteiger partial charge in [0.25, 0.3) is 11.5 Å². The number of benzene rings is 4. The van der Waals surface area contributed by atoms with Crippen LogP contribution in [-0.2, 0) is 22.9 Å². The highest BCUT2D eigenvalue weighted by atomic mass is 32.2. The maximum atomic E-state index is 14.0. The van der Waals surface area contributed by atoms with Gasteiger partial charge in [0, 0.05) is 40.9 Å². The van der Waals surface area contributed by atoms with Crippen LogP contribution in [0.15, 0.2) is 82.0 Å². The van der Waals surface area contributed by atoms with Crippen molar-refractivity contribution in [3.05, 3.63) is 106 Å². The molecule has 2 heterocycles. The number of nitrogens with one attached hydrogen (secondary N) is 2. The van der Waals surface area contributed by atoms with Gasteiger partial charge in [-0.1, -0.05) is 18.2 Å². The second kappa shape index (κ2) is 11.8. The number of pyridine rings is 1. The molecule has 7 rings (SSSR count). The highest BCUT2D eigenvalue weighted by Gasteiger charge is 2.36. The van der Waals surface area contributed by atoms with E-state index >= 15 is 0 Å². The largest absolute Gasteiger partial charge is 0.497 e. The third-order valence-electron chi connectivity index (χ3n) is 9.19. The number of fused-ring (bicyclic) bond motifs is 6. The number of hydrogen-bond donors (Lipinski definition) is 2. The number of anilines is 1. The summed E-state index contributed by atoms with van der Waals surface area (Å²) in [4.78, 5) is 29.8. The number of hydrogen-bond acceptors (Lipinski definition) is 7. The van der Waals surface area contributed by atoms with E-state index in [1.165, 1.54) is 22.5 Å². The second-order valence-electron chi connectivity index (χ2n) is 12.3. The SMILES string of the molecule is CCN(c1cc2oc3c4ccc(F)cc4[nH]c(=O)c3c2cc1-c1cccc(C(=O)NC2(C#N)CCc3cc(OC)ccc3C2)c1)S(C)(=O)=O. The molecule has 6 aromatic rings. The Morgan fingerprint density at radius 1 is 1.10 bits per heavy atom. The highest BCUT2D eigenvalue weighted by molar-refractivity contribution is 7.92. The van der Waals surface area contributed by atoms with Gasteiger partial charge in [-0.15, -0.1) is 0 Å². The van der Waals surface area contributed by atoms with Crippen LogP contribution >= 0.6 is 0 Å². The lowest BCUT2D eigenvalue weighted by atomic mass is 9.78. The molecule has 0 saturated carbocycles. The Morgan fingerprint density at radius 2 is 1.92 bits per heavy atom. The molecule has 4 aromatic carbocycles. The number of carbonyl (C=O) groups excluding carboxylic acids is 1. The van der Waals surface area contributed by atoms with E-state index in [1.54, 1.807) is 50.4 Å². The third kappa shape index (κ3) is 5.55. The molecule has 0 fully saturated rings. The molecule has 0 bridgehead atoms. The van der Waals surface area contributed by atoms with Crippen molar-refractivity contribution >= 4 is 54.5 Å².